The van der Waals surface area contributed by atoms with Gasteiger partial charge in [-0.1, -0.05) is 27.2 Å². The summed E-state index contributed by atoms with van der Waals surface area (Å²) >= 11 is 0. The zero-order valence-corrected chi connectivity index (χ0v) is 11.5. The molecular formula is C14H27NO2. The Morgan fingerprint density at radius 2 is 2.00 bits per heavy atom. The first-order valence-electron chi connectivity index (χ1n) is 7.03. The molecule has 0 aromatic heterocycles. The average molecular weight is 241 g/mol. The van der Waals surface area contributed by atoms with Gasteiger partial charge in [-0.05, 0) is 38.1 Å². The Morgan fingerprint density at radius 3 is 2.47 bits per heavy atom. The van der Waals surface area contributed by atoms with Crippen LogP contribution in [0.15, 0.2) is 0 Å². The molecule has 0 saturated carbocycles. The molecule has 3 nitrogen and oxygen atoms in total. The van der Waals surface area contributed by atoms with Crippen molar-refractivity contribution in [1.82, 2.24) is 4.90 Å². The van der Waals surface area contributed by atoms with Crippen molar-refractivity contribution in [2.75, 3.05) is 19.6 Å². The van der Waals surface area contributed by atoms with E-state index in [4.69, 9.17) is 0 Å². The highest BCUT2D eigenvalue weighted by molar-refractivity contribution is 5.74. The maximum Gasteiger partial charge on any atom is 0.310 e. The summed E-state index contributed by atoms with van der Waals surface area (Å²) in [5.74, 6) is 0.168. The second-order valence-corrected chi connectivity index (χ2v) is 5.47. The van der Waals surface area contributed by atoms with Crippen LogP contribution in [0.3, 0.4) is 0 Å². The van der Waals surface area contributed by atoms with E-state index in [1.165, 1.54) is 19.3 Å². The van der Waals surface area contributed by atoms with Crippen LogP contribution in [-0.4, -0.2) is 35.6 Å². The minimum Gasteiger partial charge on any atom is -0.481 e. The summed E-state index contributed by atoms with van der Waals surface area (Å²) < 4.78 is 0. The number of nitrogens with zero attached hydrogens (tertiary/aromatic N) is 1. The molecule has 0 aromatic rings. The minimum absolute atomic E-state index is 0.527. The number of hydrogen-bond acceptors (Lipinski definition) is 2. The Hall–Kier alpha value is -0.570. The smallest absolute Gasteiger partial charge is 0.310 e. The van der Waals surface area contributed by atoms with Crippen molar-refractivity contribution in [2.45, 2.75) is 52.9 Å². The van der Waals surface area contributed by atoms with E-state index in [9.17, 15) is 9.90 Å². The van der Waals surface area contributed by atoms with Gasteiger partial charge in [0, 0.05) is 13.1 Å². The van der Waals surface area contributed by atoms with E-state index in [-0.39, 0.29) is 0 Å². The van der Waals surface area contributed by atoms with E-state index < -0.39 is 11.4 Å². The summed E-state index contributed by atoms with van der Waals surface area (Å²) in [5.41, 5.74) is -0.527. The lowest BCUT2D eigenvalue weighted by Crippen LogP contribution is -2.41. The summed E-state index contributed by atoms with van der Waals surface area (Å²) in [6, 6.07) is 0. The van der Waals surface area contributed by atoms with Crippen molar-refractivity contribution >= 4 is 5.97 Å². The van der Waals surface area contributed by atoms with Crippen LogP contribution in [0.25, 0.3) is 0 Å². The number of aliphatic carboxylic acids is 1. The van der Waals surface area contributed by atoms with Crippen LogP contribution in [0.5, 0.6) is 0 Å². The summed E-state index contributed by atoms with van der Waals surface area (Å²) in [6.07, 6.45) is 5.23. The van der Waals surface area contributed by atoms with E-state index in [2.05, 4.69) is 11.8 Å². The lowest BCUT2D eigenvalue weighted by molar-refractivity contribution is -0.150. The molecule has 0 aliphatic carbocycles. The highest BCUT2D eigenvalue weighted by Crippen LogP contribution is 2.31. The second kappa shape index (κ2) is 6.39. The maximum absolute atomic E-state index is 11.5. The van der Waals surface area contributed by atoms with Crippen molar-refractivity contribution in [3.63, 3.8) is 0 Å². The first-order valence-corrected chi connectivity index (χ1v) is 7.03. The van der Waals surface area contributed by atoms with Gasteiger partial charge >= 0.3 is 5.97 Å². The number of carbonyl (C=O) groups is 1. The van der Waals surface area contributed by atoms with Crippen molar-refractivity contribution < 1.29 is 9.90 Å². The third kappa shape index (κ3) is 3.44. The van der Waals surface area contributed by atoms with Crippen LogP contribution in [0.1, 0.15) is 52.9 Å². The molecule has 1 aliphatic rings. The Balaban J connectivity index is 2.55. The lowest BCUT2D eigenvalue weighted by Gasteiger charge is -2.31. The molecule has 3 heteroatoms. The van der Waals surface area contributed by atoms with Crippen LogP contribution in [-0.2, 0) is 4.79 Å². The van der Waals surface area contributed by atoms with E-state index >= 15 is 0 Å². The third-order valence-electron chi connectivity index (χ3n) is 4.40. The topological polar surface area (TPSA) is 40.5 Å². The molecule has 0 bridgehead atoms. The fourth-order valence-electron chi connectivity index (χ4n) is 2.97. The molecule has 1 saturated heterocycles. The van der Waals surface area contributed by atoms with Gasteiger partial charge in [0.25, 0.3) is 0 Å². The van der Waals surface area contributed by atoms with Gasteiger partial charge in [-0.15, -0.1) is 0 Å². The van der Waals surface area contributed by atoms with E-state index in [1.807, 2.05) is 13.8 Å². The predicted molar refractivity (Wildman–Crippen MR) is 70.1 cm³/mol. The molecule has 0 radical (unpaired) electrons. The van der Waals surface area contributed by atoms with Crippen molar-refractivity contribution in [2.24, 2.45) is 11.3 Å². The average Bonchev–Trinajstić information content (AvgIpc) is 2.73. The monoisotopic (exact) mass is 241 g/mol. The maximum atomic E-state index is 11.5. The molecule has 0 aromatic carbocycles. The van der Waals surface area contributed by atoms with Crippen LogP contribution < -0.4 is 0 Å². The number of likely N-dealkylation sites (tertiary alicyclic amines) is 1. The van der Waals surface area contributed by atoms with E-state index in [0.717, 1.165) is 38.4 Å². The molecule has 1 rings (SSSR count). The van der Waals surface area contributed by atoms with Crippen molar-refractivity contribution in [3.05, 3.63) is 0 Å². The Kier molecular flexibility index (Phi) is 5.44. The standard InChI is InChI=1S/C14H27NO2/c1-4-7-12-8-9-15(10-12)11-14(5-2,6-3)13(16)17/h12H,4-11H2,1-3H3,(H,16,17). The fraction of sp³-hybridized carbons (Fsp3) is 0.929. The number of carboxylic acids is 1. The van der Waals surface area contributed by atoms with E-state index in [0.29, 0.717) is 0 Å². The SMILES string of the molecule is CCCC1CCN(CC(CC)(CC)C(=O)O)C1. The Labute approximate surface area is 105 Å². The summed E-state index contributed by atoms with van der Waals surface area (Å²) in [4.78, 5) is 13.8. The van der Waals surface area contributed by atoms with Gasteiger partial charge in [-0.3, -0.25) is 4.79 Å². The molecule has 1 N–H and O–H groups in total. The molecule has 1 atom stereocenters. The normalized spacial score (nSPS) is 21.9. The number of rotatable bonds is 7. The van der Waals surface area contributed by atoms with E-state index in [1.54, 1.807) is 0 Å². The van der Waals surface area contributed by atoms with Gasteiger partial charge in [-0.25, -0.2) is 0 Å². The molecule has 1 aliphatic heterocycles. The number of hydrogen-bond donors (Lipinski definition) is 1. The summed E-state index contributed by atoms with van der Waals surface area (Å²) in [7, 11) is 0. The molecule has 1 unspecified atom stereocenters. The van der Waals surface area contributed by atoms with Gasteiger partial charge < -0.3 is 10.0 Å². The summed E-state index contributed by atoms with van der Waals surface area (Å²) in [6.45, 7) is 9.13. The van der Waals surface area contributed by atoms with Gasteiger partial charge in [0.2, 0.25) is 0 Å². The number of carboxylic acid groups (broad SMARTS) is 1. The largest absolute Gasteiger partial charge is 0.481 e. The highest BCUT2D eigenvalue weighted by Gasteiger charge is 2.38. The van der Waals surface area contributed by atoms with Crippen LogP contribution >= 0.6 is 0 Å². The van der Waals surface area contributed by atoms with Gasteiger partial charge in [0.15, 0.2) is 0 Å². The van der Waals surface area contributed by atoms with Gasteiger partial charge in [0.1, 0.15) is 0 Å². The fourth-order valence-corrected chi connectivity index (χ4v) is 2.97. The van der Waals surface area contributed by atoms with Crippen LogP contribution in [0.4, 0.5) is 0 Å². The Morgan fingerprint density at radius 1 is 1.35 bits per heavy atom. The van der Waals surface area contributed by atoms with Crippen LogP contribution in [0.2, 0.25) is 0 Å². The predicted octanol–water partition coefficient (Wildman–Crippen LogP) is 3.00. The molecular weight excluding hydrogens is 214 g/mol. The first-order chi connectivity index (χ1) is 8.07. The lowest BCUT2D eigenvalue weighted by atomic mass is 9.82. The Bertz CT molecular complexity index is 249. The summed E-state index contributed by atoms with van der Waals surface area (Å²) in [5, 5.41) is 9.43. The van der Waals surface area contributed by atoms with Crippen molar-refractivity contribution in [3.8, 4) is 0 Å². The third-order valence-corrected chi connectivity index (χ3v) is 4.40. The van der Waals surface area contributed by atoms with Crippen molar-refractivity contribution in [1.29, 1.82) is 0 Å². The molecule has 0 amide bonds. The van der Waals surface area contributed by atoms with Crippen LogP contribution in [0, 0.1) is 11.3 Å². The zero-order valence-electron chi connectivity index (χ0n) is 11.5. The second-order valence-electron chi connectivity index (χ2n) is 5.47. The minimum atomic E-state index is -0.624. The quantitative estimate of drug-likeness (QED) is 0.745. The molecule has 17 heavy (non-hydrogen) atoms. The molecule has 100 valence electrons. The molecule has 1 heterocycles. The molecule has 0 spiro atoms. The van der Waals surface area contributed by atoms with Gasteiger partial charge in [0.05, 0.1) is 5.41 Å². The zero-order chi connectivity index (χ0) is 12.9. The highest BCUT2D eigenvalue weighted by atomic mass is 16.4. The molecule has 1 fully saturated rings. The first kappa shape index (κ1) is 14.5. The van der Waals surface area contributed by atoms with Gasteiger partial charge in [-0.2, -0.15) is 0 Å².